The highest BCUT2D eigenvalue weighted by Crippen LogP contribution is 2.23. The molecule has 0 spiro atoms. The molecule has 3 aromatic rings. The van der Waals surface area contributed by atoms with Gasteiger partial charge in [-0.1, -0.05) is 72.8 Å². The minimum absolute atomic E-state index is 0.0511. The van der Waals surface area contributed by atoms with E-state index in [4.69, 9.17) is 19.2 Å². The van der Waals surface area contributed by atoms with Crippen molar-refractivity contribution in [1.29, 1.82) is 5.26 Å². The van der Waals surface area contributed by atoms with Crippen LogP contribution in [-0.4, -0.2) is 36.9 Å². The maximum atomic E-state index is 9.79. The highest BCUT2D eigenvalue weighted by molar-refractivity contribution is 6.13. The Hall–Kier alpha value is -3.46. The first-order chi connectivity index (χ1) is 17.0. The molecule has 0 aliphatic carbocycles. The van der Waals surface area contributed by atoms with Crippen molar-refractivity contribution in [3.05, 3.63) is 102 Å². The first-order valence-corrected chi connectivity index (χ1v) is 12.1. The molecule has 0 radical (unpaired) electrons. The van der Waals surface area contributed by atoms with Gasteiger partial charge in [-0.25, -0.2) is 0 Å². The third-order valence-corrected chi connectivity index (χ3v) is 5.90. The number of nitrogens with zero attached hydrogens (tertiary/aromatic N) is 2. The van der Waals surface area contributed by atoms with E-state index in [1.54, 1.807) is 0 Å². The molecule has 0 amide bonds. The topological polar surface area (TPSA) is 63.8 Å². The van der Waals surface area contributed by atoms with Crippen LogP contribution in [0.2, 0.25) is 0 Å². The van der Waals surface area contributed by atoms with Crippen LogP contribution in [0.5, 0.6) is 5.75 Å². The first kappa shape index (κ1) is 24.7. The highest BCUT2D eigenvalue weighted by atomic mass is 16.7. The molecule has 1 aliphatic heterocycles. The van der Waals surface area contributed by atoms with Crippen LogP contribution in [0.4, 0.5) is 0 Å². The molecule has 1 saturated heterocycles. The zero-order valence-corrected chi connectivity index (χ0v) is 20.4. The standard InChI is InChI=1S/C30H32N2O3/c1-30(2)34-22-28(35-30)21-33-27-18-16-23(17-19-27)10-9-15-26(20-31)32-29(24-11-5-3-6-12-24)25-13-7-4-8-14-25/h3-8,11-14,16-19,26,28H,9-10,15,21-22H2,1-2H3/t26?,28-/m1/s1. The lowest BCUT2D eigenvalue weighted by Crippen LogP contribution is -2.25. The molecule has 2 atom stereocenters. The molecule has 1 heterocycles. The van der Waals surface area contributed by atoms with Crippen LogP contribution in [0.1, 0.15) is 43.4 Å². The van der Waals surface area contributed by atoms with Gasteiger partial charge in [0.05, 0.1) is 18.4 Å². The zero-order chi connectivity index (χ0) is 24.5. The summed E-state index contributed by atoms with van der Waals surface area (Å²) in [6.45, 7) is 4.84. The van der Waals surface area contributed by atoms with Crippen LogP contribution < -0.4 is 4.74 Å². The normalized spacial score (nSPS) is 17.3. The van der Waals surface area contributed by atoms with Gasteiger partial charge in [-0.05, 0) is 50.8 Å². The van der Waals surface area contributed by atoms with Gasteiger partial charge in [0, 0.05) is 11.1 Å². The quantitative estimate of drug-likeness (QED) is 0.344. The number of aliphatic imine (C=N–C) groups is 1. The fourth-order valence-corrected chi connectivity index (χ4v) is 4.11. The van der Waals surface area contributed by atoms with Gasteiger partial charge in [-0.15, -0.1) is 0 Å². The van der Waals surface area contributed by atoms with Gasteiger partial charge in [-0.3, -0.25) is 4.99 Å². The van der Waals surface area contributed by atoms with Crippen LogP contribution in [0, 0.1) is 11.3 Å². The highest BCUT2D eigenvalue weighted by Gasteiger charge is 2.32. The smallest absolute Gasteiger partial charge is 0.163 e. The van der Waals surface area contributed by atoms with Crippen LogP contribution in [0.3, 0.4) is 0 Å². The van der Waals surface area contributed by atoms with Gasteiger partial charge in [0.2, 0.25) is 0 Å². The monoisotopic (exact) mass is 468 g/mol. The van der Waals surface area contributed by atoms with E-state index in [0.717, 1.165) is 35.4 Å². The molecule has 0 aromatic heterocycles. The van der Waals surface area contributed by atoms with Gasteiger partial charge in [0.25, 0.3) is 0 Å². The van der Waals surface area contributed by atoms with Gasteiger partial charge in [-0.2, -0.15) is 5.26 Å². The van der Waals surface area contributed by atoms with E-state index in [1.807, 2.05) is 86.6 Å². The molecule has 1 aliphatic rings. The summed E-state index contributed by atoms with van der Waals surface area (Å²) in [5, 5.41) is 9.79. The molecule has 3 aromatic carbocycles. The summed E-state index contributed by atoms with van der Waals surface area (Å²) in [4.78, 5) is 4.87. The predicted molar refractivity (Wildman–Crippen MR) is 138 cm³/mol. The molecular formula is C30H32N2O3. The summed E-state index contributed by atoms with van der Waals surface area (Å²) in [5.41, 5.74) is 4.12. The third kappa shape index (κ3) is 7.26. The predicted octanol–water partition coefficient (Wildman–Crippen LogP) is 5.97. The summed E-state index contributed by atoms with van der Waals surface area (Å²) in [6.07, 6.45) is 2.41. The van der Waals surface area contributed by atoms with Gasteiger partial charge >= 0.3 is 0 Å². The number of ether oxygens (including phenoxy) is 3. The van der Waals surface area contributed by atoms with Crippen molar-refractivity contribution >= 4 is 5.71 Å². The first-order valence-electron chi connectivity index (χ1n) is 12.1. The van der Waals surface area contributed by atoms with Crippen LogP contribution in [-0.2, 0) is 15.9 Å². The van der Waals surface area contributed by atoms with Crippen molar-refractivity contribution in [2.75, 3.05) is 13.2 Å². The Morgan fingerprint density at radius 2 is 1.63 bits per heavy atom. The van der Waals surface area contributed by atoms with Gasteiger partial charge < -0.3 is 14.2 Å². The lowest BCUT2D eigenvalue weighted by atomic mass is 10.0. The molecule has 5 nitrogen and oxygen atoms in total. The van der Waals surface area contributed by atoms with E-state index in [1.165, 1.54) is 5.56 Å². The number of nitriles is 1. The van der Waals surface area contributed by atoms with Crippen molar-refractivity contribution in [1.82, 2.24) is 0 Å². The molecular weight excluding hydrogens is 436 g/mol. The maximum Gasteiger partial charge on any atom is 0.163 e. The molecule has 180 valence electrons. The van der Waals surface area contributed by atoms with Crippen molar-refractivity contribution in [2.45, 2.75) is 51.0 Å². The Labute approximate surface area is 208 Å². The Kier molecular flexibility index (Phi) is 8.31. The number of benzene rings is 3. The van der Waals surface area contributed by atoms with Gasteiger partial charge in [0.1, 0.15) is 24.5 Å². The second-order valence-corrected chi connectivity index (χ2v) is 9.15. The van der Waals surface area contributed by atoms with Crippen molar-refractivity contribution < 1.29 is 14.2 Å². The molecule has 5 heteroatoms. The Balaban J connectivity index is 1.32. The molecule has 1 fully saturated rings. The van der Waals surface area contributed by atoms with E-state index in [0.29, 0.717) is 19.6 Å². The number of rotatable bonds is 10. The average Bonchev–Trinajstić information content (AvgIpc) is 3.25. The average molecular weight is 469 g/mol. The third-order valence-electron chi connectivity index (χ3n) is 5.90. The van der Waals surface area contributed by atoms with E-state index in [-0.39, 0.29) is 6.10 Å². The van der Waals surface area contributed by atoms with Crippen molar-refractivity contribution in [2.24, 2.45) is 4.99 Å². The van der Waals surface area contributed by atoms with Crippen LogP contribution >= 0.6 is 0 Å². The summed E-state index contributed by atoms with van der Waals surface area (Å²) in [6, 6.07) is 30.2. The molecule has 4 rings (SSSR count). The number of hydrogen-bond acceptors (Lipinski definition) is 5. The SMILES string of the molecule is CC1(C)OC[C@@H](COc2ccc(CCCC(C#N)N=C(c3ccccc3)c3ccccc3)cc2)O1. The molecule has 35 heavy (non-hydrogen) atoms. The van der Waals surface area contributed by atoms with Crippen LogP contribution in [0.15, 0.2) is 89.9 Å². The molecule has 0 saturated carbocycles. The fourth-order valence-electron chi connectivity index (χ4n) is 4.11. The summed E-state index contributed by atoms with van der Waals surface area (Å²) < 4.78 is 17.2. The molecule has 0 bridgehead atoms. The summed E-state index contributed by atoms with van der Waals surface area (Å²) in [7, 11) is 0. The van der Waals surface area contributed by atoms with E-state index in [9.17, 15) is 5.26 Å². The van der Waals surface area contributed by atoms with Crippen LogP contribution in [0.25, 0.3) is 0 Å². The number of hydrogen-bond donors (Lipinski definition) is 0. The number of aryl methyl sites for hydroxylation is 1. The molecule has 0 N–H and O–H groups in total. The Bertz CT molecular complexity index is 1090. The minimum atomic E-state index is -0.536. The van der Waals surface area contributed by atoms with Crippen molar-refractivity contribution in [3.8, 4) is 11.8 Å². The molecule has 1 unspecified atom stereocenters. The Morgan fingerprint density at radius 1 is 1.00 bits per heavy atom. The van der Waals surface area contributed by atoms with E-state index in [2.05, 4.69) is 18.2 Å². The van der Waals surface area contributed by atoms with E-state index < -0.39 is 11.8 Å². The minimum Gasteiger partial charge on any atom is -0.491 e. The van der Waals surface area contributed by atoms with E-state index >= 15 is 0 Å². The maximum absolute atomic E-state index is 9.79. The van der Waals surface area contributed by atoms with Gasteiger partial charge in [0.15, 0.2) is 5.79 Å². The fraction of sp³-hybridized carbons (Fsp3) is 0.333. The lowest BCUT2D eigenvalue weighted by molar-refractivity contribution is -0.141. The Morgan fingerprint density at radius 3 is 2.17 bits per heavy atom. The van der Waals surface area contributed by atoms with Crippen molar-refractivity contribution in [3.63, 3.8) is 0 Å². The largest absolute Gasteiger partial charge is 0.491 e. The second kappa shape index (κ2) is 11.8. The zero-order valence-electron chi connectivity index (χ0n) is 20.4. The second-order valence-electron chi connectivity index (χ2n) is 9.15. The summed E-state index contributed by atoms with van der Waals surface area (Å²) in [5.74, 6) is 0.281. The lowest BCUT2D eigenvalue weighted by Gasteiger charge is -2.17. The summed E-state index contributed by atoms with van der Waals surface area (Å²) >= 11 is 0.